The van der Waals surface area contributed by atoms with Gasteiger partial charge in [-0.3, -0.25) is 32.9 Å². The van der Waals surface area contributed by atoms with E-state index in [4.69, 9.17) is 10.5 Å². The van der Waals surface area contributed by atoms with Gasteiger partial charge in [0.1, 0.15) is 42.0 Å². The standard InChI is InChI=1S/C33H48N7O19P3/c1-32(2,28(46)31(47)36-12-10-23(42)35-11-9-21(41)20(14-24(43)44)13-19-7-5-4-6-8-19)16-56-62(53,54)59-61(51,52)55-15-22-26(58-60(48,49)50)27(45)33(3,57-22)40-18-39-25-29(34)37-17-38-30(25)40/h4-8,17-18,20,22,26-28,45-46H,9-16H2,1-3H3,(H,35,42)(H,36,47)(H,43,44)(H,51,52)(H,53,54)(H2,34,37,38)(H2,48,49,50)/p-4. The highest BCUT2D eigenvalue weighted by atomic mass is 31.3. The van der Waals surface area contributed by atoms with Crippen molar-refractivity contribution in [3.8, 4) is 0 Å². The summed E-state index contributed by atoms with van der Waals surface area (Å²) in [6.45, 7) is 0.706. The second-order valence-electron chi connectivity index (χ2n) is 14.7. The summed E-state index contributed by atoms with van der Waals surface area (Å²) in [5.41, 5.74) is 2.69. The van der Waals surface area contributed by atoms with Crippen LogP contribution in [-0.2, 0) is 67.6 Å². The Morgan fingerprint density at radius 1 is 1.00 bits per heavy atom. The van der Waals surface area contributed by atoms with Crippen LogP contribution in [0.15, 0.2) is 43.0 Å². The van der Waals surface area contributed by atoms with Gasteiger partial charge in [0.05, 0.1) is 33.8 Å². The number of phosphoric acid groups is 3. The molecule has 344 valence electrons. The number of ketones is 1. The van der Waals surface area contributed by atoms with Gasteiger partial charge in [-0.1, -0.05) is 44.2 Å². The maximum atomic E-state index is 12.7. The summed E-state index contributed by atoms with van der Waals surface area (Å²) in [6.07, 6.45) is -6.70. The number of nitrogens with zero attached hydrogens (tertiary/aromatic N) is 4. The molecule has 8 unspecified atom stereocenters. The fourth-order valence-electron chi connectivity index (χ4n) is 6.17. The van der Waals surface area contributed by atoms with Crippen molar-refractivity contribution in [1.29, 1.82) is 0 Å². The number of hydrogen-bond donors (Lipinski definition) is 6. The number of nitrogens with one attached hydrogen (secondary N) is 2. The van der Waals surface area contributed by atoms with Gasteiger partial charge in [-0.2, -0.15) is 0 Å². The summed E-state index contributed by atoms with van der Waals surface area (Å²) < 4.78 is 61.2. The number of carbonyl (C=O) groups excluding carboxylic acids is 3. The number of benzene rings is 1. The number of ether oxygens (including phenoxy) is 1. The zero-order chi connectivity index (χ0) is 46.3. The van der Waals surface area contributed by atoms with Crippen LogP contribution >= 0.6 is 23.5 Å². The number of aliphatic carboxylic acids is 1. The molecule has 2 aromatic heterocycles. The van der Waals surface area contributed by atoms with Crippen molar-refractivity contribution < 1.29 is 90.4 Å². The van der Waals surface area contributed by atoms with Gasteiger partial charge >= 0.3 is 5.97 Å². The zero-order valence-corrected chi connectivity index (χ0v) is 35.8. The molecule has 2 amide bonds. The number of anilines is 1. The Morgan fingerprint density at radius 2 is 1.65 bits per heavy atom. The zero-order valence-electron chi connectivity index (χ0n) is 33.2. The Bertz CT molecular complexity index is 2230. The molecule has 1 aliphatic rings. The van der Waals surface area contributed by atoms with Gasteiger partial charge in [0, 0.05) is 37.3 Å². The number of amides is 2. The summed E-state index contributed by atoms with van der Waals surface area (Å²) in [7, 11) is -17.8. The van der Waals surface area contributed by atoms with Gasteiger partial charge in [-0.15, -0.1) is 0 Å². The molecular weight excluding hydrogens is 891 g/mol. The lowest BCUT2D eigenvalue weighted by Crippen LogP contribution is -2.46. The molecule has 3 heterocycles. The number of carbonyl (C=O) groups is 4. The number of phosphoric ester groups is 3. The third-order valence-corrected chi connectivity index (χ3v) is 12.4. The molecule has 0 radical (unpaired) electrons. The van der Waals surface area contributed by atoms with E-state index in [0.717, 1.165) is 43.6 Å². The Balaban J connectivity index is 1.25. The van der Waals surface area contributed by atoms with E-state index in [2.05, 4.69) is 43.5 Å². The number of imidazole rings is 1. The Labute approximate surface area is 352 Å². The molecule has 0 spiro atoms. The number of Topliss-reactive ketones (excluding diaryl/α,β-unsaturated/α-hetero) is 1. The normalized spacial score (nSPS) is 22.3. The quantitative estimate of drug-likeness (QED) is 0.0499. The number of nitrogens with two attached hydrogens (primary N) is 1. The summed E-state index contributed by atoms with van der Waals surface area (Å²) in [4.78, 5) is 109. The molecule has 7 N–H and O–H groups in total. The second kappa shape index (κ2) is 20.6. The topological polar surface area (TPSA) is 412 Å². The average molecular weight is 936 g/mol. The van der Waals surface area contributed by atoms with E-state index < -0.39 is 102 Å². The van der Waals surface area contributed by atoms with E-state index >= 15 is 0 Å². The SMILES string of the molecule is CC(C)(COP(=O)([O-])OP(=O)([O-])OCC1OC(C)(n2cnc3c(N)ncnc32)C(O)C1OP(=O)([O-])[O-])C(O)C(=O)NCCC(=O)NCCC(=O)C(CC(=O)O)Cc1ccccc1. The minimum Gasteiger partial charge on any atom is -0.790 e. The maximum absolute atomic E-state index is 12.7. The first kappa shape index (κ1) is 50.5. The van der Waals surface area contributed by atoms with Crippen molar-refractivity contribution >= 4 is 64.0 Å². The lowest BCUT2D eigenvalue weighted by atomic mass is 9.87. The number of aromatic nitrogens is 4. The van der Waals surface area contributed by atoms with Crippen LogP contribution in [0.4, 0.5) is 5.82 Å². The number of aliphatic hydroxyl groups is 2. The molecule has 1 aromatic carbocycles. The molecule has 4 rings (SSSR count). The highest BCUT2D eigenvalue weighted by Gasteiger charge is 2.55. The van der Waals surface area contributed by atoms with Crippen LogP contribution in [0.1, 0.15) is 45.6 Å². The van der Waals surface area contributed by atoms with E-state index in [-0.39, 0.29) is 55.1 Å². The van der Waals surface area contributed by atoms with Crippen molar-refractivity contribution in [2.24, 2.45) is 11.3 Å². The third kappa shape index (κ3) is 13.9. The molecule has 29 heteroatoms. The first-order valence-corrected chi connectivity index (χ1v) is 22.8. The van der Waals surface area contributed by atoms with Crippen LogP contribution in [0.25, 0.3) is 11.2 Å². The largest absolute Gasteiger partial charge is 0.790 e. The van der Waals surface area contributed by atoms with Crippen molar-refractivity contribution in [2.45, 2.75) is 76.6 Å². The minimum absolute atomic E-state index is 0.0221. The Hall–Kier alpha value is -4.10. The molecule has 62 heavy (non-hydrogen) atoms. The van der Waals surface area contributed by atoms with Crippen molar-refractivity contribution in [2.75, 3.05) is 32.0 Å². The lowest BCUT2D eigenvalue weighted by molar-refractivity contribution is -0.347. The van der Waals surface area contributed by atoms with Crippen LogP contribution in [0, 0.1) is 11.3 Å². The van der Waals surface area contributed by atoms with E-state index in [1.165, 1.54) is 0 Å². The summed E-state index contributed by atoms with van der Waals surface area (Å²) >= 11 is 0. The number of aliphatic hydroxyl groups excluding tert-OH is 2. The summed E-state index contributed by atoms with van der Waals surface area (Å²) in [5.74, 6) is -4.12. The number of fused-ring (bicyclic) bond motifs is 1. The summed E-state index contributed by atoms with van der Waals surface area (Å²) in [6, 6.07) is 8.80. The number of nitrogen functional groups attached to an aromatic ring is 1. The predicted molar refractivity (Wildman–Crippen MR) is 201 cm³/mol. The first-order valence-electron chi connectivity index (χ1n) is 18.4. The number of hydrogen-bond acceptors (Lipinski definition) is 22. The monoisotopic (exact) mass is 935 g/mol. The summed E-state index contributed by atoms with van der Waals surface area (Å²) in [5, 5.41) is 35.6. The van der Waals surface area contributed by atoms with Crippen molar-refractivity contribution in [1.82, 2.24) is 30.2 Å². The van der Waals surface area contributed by atoms with Gasteiger partial charge in [-0.05, 0) is 18.9 Å². The number of rotatable bonds is 24. The smallest absolute Gasteiger partial charge is 0.304 e. The van der Waals surface area contributed by atoms with Crippen LogP contribution in [-0.4, -0.2) is 109 Å². The molecule has 1 fully saturated rings. The lowest BCUT2D eigenvalue weighted by Gasteiger charge is -2.36. The molecule has 0 aliphatic carbocycles. The van der Waals surface area contributed by atoms with Crippen molar-refractivity contribution in [3.05, 3.63) is 48.5 Å². The highest BCUT2D eigenvalue weighted by molar-refractivity contribution is 7.59. The minimum atomic E-state index is -5.97. The van der Waals surface area contributed by atoms with Crippen molar-refractivity contribution in [3.63, 3.8) is 0 Å². The number of carboxylic acid groups (broad SMARTS) is 1. The van der Waals surface area contributed by atoms with E-state index in [0.29, 0.717) is 0 Å². The van der Waals surface area contributed by atoms with Gasteiger partial charge in [0.15, 0.2) is 17.2 Å². The second-order valence-corrected chi connectivity index (χ2v) is 18.8. The predicted octanol–water partition coefficient (Wildman–Crippen LogP) is -2.66. The molecule has 8 atom stereocenters. The average Bonchev–Trinajstić information content (AvgIpc) is 3.72. The van der Waals surface area contributed by atoms with Crippen LogP contribution in [0.2, 0.25) is 0 Å². The molecular formula is C33H44N7O19P3-4. The highest BCUT2D eigenvalue weighted by Crippen LogP contribution is 2.56. The van der Waals surface area contributed by atoms with Crippen LogP contribution in [0.5, 0.6) is 0 Å². The molecule has 1 saturated heterocycles. The molecule has 3 aromatic rings. The van der Waals surface area contributed by atoms with E-state index in [1.807, 2.05) is 0 Å². The fourth-order valence-corrected chi connectivity index (χ4v) is 8.89. The molecule has 26 nitrogen and oxygen atoms in total. The Morgan fingerprint density at radius 3 is 2.29 bits per heavy atom. The van der Waals surface area contributed by atoms with Crippen LogP contribution < -0.4 is 35.9 Å². The number of carboxylic acids is 1. The molecule has 0 bridgehead atoms. The van der Waals surface area contributed by atoms with Gasteiger partial charge in [0.2, 0.25) is 11.8 Å². The van der Waals surface area contributed by atoms with Gasteiger partial charge in [-0.25, -0.2) is 19.3 Å². The first-order chi connectivity index (χ1) is 28.7. The van der Waals surface area contributed by atoms with E-state index in [1.54, 1.807) is 30.3 Å². The van der Waals surface area contributed by atoms with Gasteiger partial charge < -0.3 is 74.1 Å². The van der Waals surface area contributed by atoms with Gasteiger partial charge in [0.25, 0.3) is 15.6 Å². The Kier molecular flexibility index (Phi) is 16.8. The molecule has 0 saturated carbocycles. The fraction of sp³-hybridized carbons (Fsp3) is 0.545. The van der Waals surface area contributed by atoms with E-state index in [9.17, 15) is 67.8 Å². The van der Waals surface area contributed by atoms with Crippen LogP contribution in [0.3, 0.4) is 0 Å². The maximum Gasteiger partial charge on any atom is 0.304 e. The third-order valence-electron chi connectivity index (χ3n) is 9.43. The molecule has 1 aliphatic heterocycles.